The Bertz CT molecular complexity index is 473. The third-order valence-electron chi connectivity index (χ3n) is 4.38. The SMILES string of the molecule is COC(=O)C1CCN(c2c(C)cccc2C)C1(C)C. The molecule has 1 fully saturated rings. The second-order valence-electron chi connectivity index (χ2n) is 5.91. The van der Waals surface area contributed by atoms with Gasteiger partial charge in [-0.15, -0.1) is 0 Å². The highest BCUT2D eigenvalue weighted by molar-refractivity contribution is 5.77. The van der Waals surface area contributed by atoms with Crippen molar-refractivity contribution in [2.45, 2.75) is 39.7 Å². The largest absolute Gasteiger partial charge is 0.469 e. The van der Waals surface area contributed by atoms with Crippen molar-refractivity contribution in [3.63, 3.8) is 0 Å². The number of nitrogens with zero attached hydrogens (tertiary/aromatic N) is 1. The molecule has 0 bridgehead atoms. The van der Waals surface area contributed by atoms with Gasteiger partial charge in [0.1, 0.15) is 0 Å². The molecule has 19 heavy (non-hydrogen) atoms. The number of para-hydroxylation sites is 1. The van der Waals surface area contributed by atoms with E-state index in [4.69, 9.17) is 4.74 Å². The lowest BCUT2D eigenvalue weighted by Gasteiger charge is -2.38. The van der Waals surface area contributed by atoms with E-state index < -0.39 is 0 Å². The zero-order valence-corrected chi connectivity index (χ0v) is 12.5. The predicted octanol–water partition coefficient (Wildman–Crippen LogP) is 3.08. The maximum absolute atomic E-state index is 11.9. The van der Waals surface area contributed by atoms with Crippen LogP contribution in [0.4, 0.5) is 5.69 Å². The highest BCUT2D eigenvalue weighted by Crippen LogP contribution is 2.41. The Morgan fingerprint density at radius 3 is 2.42 bits per heavy atom. The van der Waals surface area contributed by atoms with Crippen molar-refractivity contribution >= 4 is 11.7 Å². The van der Waals surface area contributed by atoms with Crippen LogP contribution < -0.4 is 4.90 Å². The number of esters is 1. The van der Waals surface area contributed by atoms with Crippen LogP contribution in [0, 0.1) is 19.8 Å². The second kappa shape index (κ2) is 4.87. The lowest BCUT2D eigenvalue weighted by molar-refractivity contribution is -0.146. The van der Waals surface area contributed by atoms with Gasteiger partial charge >= 0.3 is 5.97 Å². The molecule has 1 aliphatic rings. The first-order valence-corrected chi connectivity index (χ1v) is 6.81. The van der Waals surface area contributed by atoms with E-state index in [0.29, 0.717) is 0 Å². The van der Waals surface area contributed by atoms with Gasteiger partial charge in [-0.25, -0.2) is 0 Å². The van der Waals surface area contributed by atoms with E-state index in [0.717, 1.165) is 13.0 Å². The van der Waals surface area contributed by atoms with Gasteiger partial charge in [0.25, 0.3) is 0 Å². The topological polar surface area (TPSA) is 29.5 Å². The number of anilines is 1. The molecule has 1 aliphatic heterocycles. The molecule has 0 spiro atoms. The molecule has 0 aromatic heterocycles. The van der Waals surface area contributed by atoms with Crippen molar-refractivity contribution in [2.24, 2.45) is 5.92 Å². The normalized spacial score (nSPS) is 21.5. The molecule has 1 heterocycles. The molecular weight excluding hydrogens is 238 g/mol. The Hall–Kier alpha value is -1.51. The first-order chi connectivity index (χ1) is 8.89. The van der Waals surface area contributed by atoms with Crippen LogP contribution in [0.3, 0.4) is 0 Å². The lowest BCUT2D eigenvalue weighted by Crippen LogP contribution is -2.46. The molecule has 1 aromatic rings. The van der Waals surface area contributed by atoms with Crippen molar-refractivity contribution in [3.8, 4) is 0 Å². The summed E-state index contributed by atoms with van der Waals surface area (Å²) in [6.07, 6.45) is 0.855. The van der Waals surface area contributed by atoms with E-state index >= 15 is 0 Å². The van der Waals surface area contributed by atoms with Crippen molar-refractivity contribution < 1.29 is 9.53 Å². The van der Waals surface area contributed by atoms with Crippen molar-refractivity contribution in [3.05, 3.63) is 29.3 Å². The summed E-state index contributed by atoms with van der Waals surface area (Å²) in [5.74, 6) is -0.157. The summed E-state index contributed by atoms with van der Waals surface area (Å²) in [6.45, 7) is 9.42. The fourth-order valence-electron chi connectivity index (χ4n) is 3.27. The van der Waals surface area contributed by atoms with Crippen molar-refractivity contribution in [2.75, 3.05) is 18.6 Å². The van der Waals surface area contributed by atoms with Gasteiger partial charge in [-0.1, -0.05) is 18.2 Å². The molecule has 1 aromatic carbocycles. The van der Waals surface area contributed by atoms with Gasteiger partial charge in [-0.2, -0.15) is 0 Å². The maximum Gasteiger partial charge on any atom is 0.311 e. The maximum atomic E-state index is 11.9. The molecule has 104 valence electrons. The minimum absolute atomic E-state index is 0.0588. The molecule has 1 unspecified atom stereocenters. The molecule has 1 atom stereocenters. The molecule has 0 radical (unpaired) electrons. The lowest BCUT2D eigenvalue weighted by atomic mass is 9.87. The number of carbonyl (C=O) groups excluding carboxylic acids is 1. The standard InChI is InChI=1S/C16H23NO2/c1-11-7-6-8-12(2)14(11)17-10-9-13(15(18)19-5)16(17,3)4/h6-8,13H,9-10H2,1-5H3. The van der Waals surface area contributed by atoms with Gasteiger partial charge in [0.05, 0.1) is 13.0 Å². The highest BCUT2D eigenvalue weighted by Gasteiger charge is 2.46. The number of hydrogen-bond donors (Lipinski definition) is 0. The first kappa shape index (κ1) is 13.9. The van der Waals surface area contributed by atoms with Gasteiger partial charge in [0.15, 0.2) is 0 Å². The van der Waals surface area contributed by atoms with E-state index in [-0.39, 0.29) is 17.4 Å². The second-order valence-corrected chi connectivity index (χ2v) is 5.91. The summed E-state index contributed by atoms with van der Waals surface area (Å²) >= 11 is 0. The number of ether oxygens (including phenoxy) is 1. The van der Waals surface area contributed by atoms with Gasteiger partial charge in [-0.3, -0.25) is 4.79 Å². The quantitative estimate of drug-likeness (QED) is 0.766. The minimum Gasteiger partial charge on any atom is -0.469 e. The molecule has 2 rings (SSSR count). The number of rotatable bonds is 2. The van der Waals surface area contributed by atoms with Crippen molar-refractivity contribution in [1.82, 2.24) is 0 Å². The Morgan fingerprint density at radius 2 is 1.89 bits per heavy atom. The molecule has 0 aliphatic carbocycles. The Morgan fingerprint density at radius 1 is 1.32 bits per heavy atom. The summed E-state index contributed by atoms with van der Waals surface area (Å²) in [6, 6.07) is 6.34. The van der Waals surface area contributed by atoms with Gasteiger partial charge in [-0.05, 0) is 45.2 Å². The van der Waals surface area contributed by atoms with E-state index in [1.165, 1.54) is 23.9 Å². The smallest absolute Gasteiger partial charge is 0.311 e. The Balaban J connectivity index is 2.40. The van der Waals surface area contributed by atoms with Crippen LogP contribution >= 0.6 is 0 Å². The van der Waals surface area contributed by atoms with Crippen LogP contribution in [0.1, 0.15) is 31.4 Å². The number of methoxy groups -OCH3 is 1. The summed E-state index contributed by atoms with van der Waals surface area (Å²) in [5, 5.41) is 0. The van der Waals surface area contributed by atoms with E-state index in [9.17, 15) is 4.79 Å². The monoisotopic (exact) mass is 261 g/mol. The zero-order valence-electron chi connectivity index (χ0n) is 12.5. The van der Waals surface area contributed by atoms with Gasteiger partial charge in [0.2, 0.25) is 0 Å². The average Bonchev–Trinajstić information content (AvgIpc) is 2.64. The van der Waals surface area contributed by atoms with Gasteiger partial charge < -0.3 is 9.64 Å². The molecule has 0 saturated carbocycles. The summed E-state index contributed by atoms with van der Waals surface area (Å²) in [7, 11) is 1.47. The number of hydrogen-bond acceptors (Lipinski definition) is 3. The summed E-state index contributed by atoms with van der Waals surface area (Å²) in [5.41, 5.74) is 3.58. The average molecular weight is 261 g/mol. The number of carbonyl (C=O) groups is 1. The molecule has 0 amide bonds. The summed E-state index contributed by atoms with van der Waals surface area (Å²) < 4.78 is 4.95. The number of benzene rings is 1. The van der Waals surface area contributed by atoms with Crippen LogP contribution in [0.5, 0.6) is 0 Å². The van der Waals surface area contributed by atoms with Crippen LogP contribution in [0.25, 0.3) is 0 Å². The molecule has 3 nitrogen and oxygen atoms in total. The van der Waals surface area contributed by atoms with E-state index in [1.807, 2.05) is 0 Å². The molecule has 0 N–H and O–H groups in total. The Kier molecular flexibility index (Phi) is 3.57. The summed E-state index contributed by atoms with van der Waals surface area (Å²) in [4.78, 5) is 14.3. The van der Waals surface area contributed by atoms with Crippen LogP contribution in [-0.4, -0.2) is 25.2 Å². The number of aryl methyl sites for hydroxylation is 2. The van der Waals surface area contributed by atoms with Crippen LogP contribution in [-0.2, 0) is 9.53 Å². The minimum atomic E-state index is -0.204. The van der Waals surface area contributed by atoms with Crippen LogP contribution in [0.2, 0.25) is 0 Å². The fourth-order valence-corrected chi connectivity index (χ4v) is 3.27. The van der Waals surface area contributed by atoms with Crippen molar-refractivity contribution in [1.29, 1.82) is 0 Å². The Labute approximate surface area is 115 Å². The molecular formula is C16H23NO2. The highest BCUT2D eigenvalue weighted by atomic mass is 16.5. The van der Waals surface area contributed by atoms with E-state index in [1.54, 1.807) is 0 Å². The third kappa shape index (κ3) is 2.22. The fraction of sp³-hybridized carbons (Fsp3) is 0.562. The predicted molar refractivity (Wildman–Crippen MR) is 77.5 cm³/mol. The zero-order chi connectivity index (χ0) is 14.2. The van der Waals surface area contributed by atoms with E-state index in [2.05, 4.69) is 50.8 Å². The van der Waals surface area contributed by atoms with Crippen LogP contribution in [0.15, 0.2) is 18.2 Å². The third-order valence-corrected chi connectivity index (χ3v) is 4.38. The molecule has 3 heteroatoms. The van der Waals surface area contributed by atoms with Gasteiger partial charge in [0, 0.05) is 17.8 Å². The molecule has 1 saturated heterocycles. The first-order valence-electron chi connectivity index (χ1n) is 6.81.